The molecule has 0 saturated heterocycles. The maximum absolute atomic E-state index is 12.3. The fraction of sp³-hybridized carbons (Fsp3) is 0.261. The Bertz CT molecular complexity index is 1150. The zero-order chi connectivity index (χ0) is 23.6. The van der Waals surface area contributed by atoms with Crippen molar-refractivity contribution in [2.24, 2.45) is 0 Å². The molecule has 3 aromatic rings. The Kier molecular flexibility index (Phi) is 8.48. The van der Waals surface area contributed by atoms with E-state index in [9.17, 15) is 19.2 Å². The summed E-state index contributed by atoms with van der Waals surface area (Å²) >= 11 is 1.25. The number of unbranched alkanes of at least 4 members (excludes halogenated alkanes) is 1. The molecule has 9 nitrogen and oxygen atoms in total. The first-order valence-corrected chi connectivity index (χ1v) is 11.3. The van der Waals surface area contributed by atoms with Gasteiger partial charge in [-0.3, -0.25) is 19.7 Å². The minimum Gasteiger partial charge on any atom is -0.462 e. The van der Waals surface area contributed by atoms with Crippen LogP contribution in [-0.4, -0.2) is 34.4 Å². The molecule has 0 unspecified atom stereocenters. The number of esters is 1. The molecule has 0 saturated carbocycles. The van der Waals surface area contributed by atoms with E-state index in [2.05, 4.69) is 20.6 Å². The summed E-state index contributed by atoms with van der Waals surface area (Å²) in [6.07, 6.45) is 3.71. The van der Waals surface area contributed by atoms with E-state index in [0.29, 0.717) is 40.7 Å². The topological polar surface area (TPSA) is 130 Å². The second kappa shape index (κ2) is 11.7. The monoisotopic (exact) mass is 468 g/mol. The average Bonchev–Trinajstić information content (AvgIpc) is 3.26. The molecule has 10 heteroatoms. The lowest BCUT2D eigenvalue weighted by molar-refractivity contribution is -0.116. The number of carbonyl (C=O) groups excluding carboxylic acids is 3. The number of carbonyl (C=O) groups is 3. The highest BCUT2D eigenvalue weighted by molar-refractivity contribution is 7.14. The van der Waals surface area contributed by atoms with Crippen LogP contribution in [0.15, 0.2) is 52.8 Å². The summed E-state index contributed by atoms with van der Waals surface area (Å²) in [7, 11) is 0. The number of amides is 2. The molecule has 0 aliphatic rings. The number of pyridine rings is 1. The summed E-state index contributed by atoms with van der Waals surface area (Å²) in [5.41, 5.74) is 1.71. The molecular formula is C23H24N4O5S. The van der Waals surface area contributed by atoms with Crippen LogP contribution in [0, 0.1) is 0 Å². The van der Waals surface area contributed by atoms with Crippen LogP contribution < -0.4 is 16.2 Å². The fourth-order valence-corrected chi connectivity index (χ4v) is 3.49. The predicted molar refractivity (Wildman–Crippen MR) is 126 cm³/mol. The Morgan fingerprint density at radius 3 is 2.52 bits per heavy atom. The summed E-state index contributed by atoms with van der Waals surface area (Å²) in [5, 5.41) is 7.62. The maximum Gasteiger partial charge on any atom is 0.338 e. The van der Waals surface area contributed by atoms with E-state index in [-0.39, 0.29) is 29.8 Å². The third-order valence-electron chi connectivity index (χ3n) is 4.56. The summed E-state index contributed by atoms with van der Waals surface area (Å²) in [6, 6.07) is 9.23. The SMILES string of the molecule is CCCCOC(=O)c1ccc(NC(=O)CCc2csc(NC(=O)c3ccc(=O)[nH]c3)n2)cc1. The Balaban J connectivity index is 1.45. The van der Waals surface area contributed by atoms with Gasteiger partial charge in [-0.05, 0) is 43.2 Å². The standard InChI is InChI=1S/C23H24N4O5S/c1-2-3-12-32-22(31)15-4-7-17(8-5-15)25-20(29)11-9-18-14-33-23(26-18)27-21(30)16-6-10-19(28)24-13-16/h4-8,10,13-14H,2-3,9,11-12H2,1H3,(H,24,28)(H,25,29)(H,26,27,30). The fourth-order valence-electron chi connectivity index (χ4n) is 2.75. The van der Waals surface area contributed by atoms with Crippen molar-refractivity contribution in [3.05, 3.63) is 75.1 Å². The van der Waals surface area contributed by atoms with Gasteiger partial charge < -0.3 is 15.0 Å². The van der Waals surface area contributed by atoms with Crippen molar-refractivity contribution in [1.82, 2.24) is 9.97 Å². The third kappa shape index (κ3) is 7.39. The van der Waals surface area contributed by atoms with Crippen LogP contribution in [0.3, 0.4) is 0 Å². The molecule has 0 bridgehead atoms. The number of nitrogens with one attached hydrogen (secondary N) is 3. The van der Waals surface area contributed by atoms with Crippen molar-refractivity contribution in [3.8, 4) is 0 Å². The lowest BCUT2D eigenvalue weighted by Gasteiger charge is -2.07. The number of nitrogens with zero attached hydrogens (tertiary/aromatic N) is 1. The van der Waals surface area contributed by atoms with Gasteiger partial charge in [0.05, 0.1) is 23.4 Å². The van der Waals surface area contributed by atoms with Crippen LogP contribution in [0.4, 0.5) is 10.8 Å². The van der Waals surface area contributed by atoms with Gasteiger partial charge >= 0.3 is 5.97 Å². The molecule has 2 amide bonds. The van der Waals surface area contributed by atoms with E-state index >= 15 is 0 Å². The highest BCUT2D eigenvalue weighted by Gasteiger charge is 2.11. The van der Waals surface area contributed by atoms with Gasteiger partial charge in [-0.1, -0.05) is 13.3 Å². The number of aryl methyl sites for hydroxylation is 1. The Hall–Kier alpha value is -3.79. The maximum atomic E-state index is 12.3. The molecule has 33 heavy (non-hydrogen) atoms. The van der Waals surface area contributed by atoms with Gasteiger partial charge in [0.2, 0.25) is 11.5 Å². The first-order valence-electron chi connectivity index (χ1n) is 10.5. The molecule has 3 rings (SSSR count). The summed E-state index contributed by atoms with van der Waals surface area (Å²) in [5.74, 6) is -0.962. The van der Waals surface area contributed by atoms with Crippen LogP contribution in [0.5, 0.6) is 0 Å². The van der Waals surface area contributed by atoms with Crippen molar-refractivity contribution < 1.29 is 19.1 Å². The van der Waals surface area contributed by atoms with Crippen LogP contribution in [0.2, 0.25) is 0 Å². The molecule has 1 aromatic carbocycles. The molecule has 0 aliphatic heterocycles. The van der Waals surface area contributed by atoms with Gasteiger partial charge in [-0.25, -0.2) is 9.78 Å². The van der Waals surface area contributed by atoms with Gasteiger partial charge in [-0.15, -0.1) is 11.3 Å². The normalized spacial score (nSPS) is 10.5. The minimum absolute atomic E-state index is 0.194. The van der Waals surface area contributed by atoms with Gasteiger partial charge in [0, 0.05) is 29.8 Å². The van der Waals surface area contributed by atoms with E-state index in [4.69, 9.17) is 4.74 Å². The highest BCUT2D eigenvalue weighted by Crippen LogP contribution is 2.18. The predicted octanol–water partition coefficient (Wildman–Crippen LogP) is 3.61. The molecule has 2 heterocycles. The number of H-pyrrole nitrogens is 1. The number of thiazole rings is 1. The molecule has 0 spiro atoms. The molecule has 0 fully saturated rings. The number of ether oxygens (including phenoxy) is 1. The van der Waals surface area contributed by atoms with E-state index in [0.717, 1.165) is 12.8 Å². The van der Waals surface area contributed by atoms with E-state index in [1.165, 1.54) is 29.7 Å². The second-order valence-electron chi connectivity index (χ2n) is 7.15. The number of hydrogen-bond acceptors (Lipinski definition) is 7. The van der Waals surface area contributed by atoms with Gasteiger partial charge in [0.25, 0.3) is 5.91 Å². The number of aromatic amines is 1. The Morgan fingerprint density at radius 2 is 1.82 bits per heavy atom. The quantitative estimate of drug-likeness (QED) is 0.308. The number of benzene rings is 1. The van der Waals surface area contributed by atoms with Crippen LogP contribution in [-0.2, 0) is 16.0 Å². The summed E-state index contributed by atoms with van der Waals surface area (Å²) in [6.45, 7) is 2.41. The average molecular weight is 469 g/mol. The summed E-state index contributed by atoms with van der Waals surface area (Å²) in [4.78, 5) is 54.2. The van der Waals surface area contributed by atoms with Crippen molar-refractivity contribution in [2.45, 2.75) is 32.6 Å². The van der Waals surface area contributed by atoms with Gasteiger partial charge in [-0.2, -0.15) is 0 Å². The largest absolute Gasteiger partial charge is 0.462 e. The lowest BCUT2D eigenvalue weighted by atomic mass is 10.2. The van der Waals surface area contributed by atoms with Crippen molar-refractivity contribution >= 4 is 39.9 Å². The van der Waals surface area contributed by atoms with Crippen molar-refractivity contribution in [2.75, 3.05) is 17.2 Å². The molecule has 2 aromatic heterocycles. The molecular weight excluding hydrogens is 444 g/mol. The van der Waals surface area contributed by atoms with Crippen LogP contribution in [0.1, 0.15) is 52.6 Å². The highest BCUT2D eigenvalue weighted by atomic mass is 32.1. The minimum atomic E-state index is -0.386. The molecule has 3 N–H and O–H groups in total. The molecule has 0 atom stereocenters. The lowest BCUT2D eigenvalue weighted by Crippen LogP contribution is -2.14. The first kappa shape index (κ1) is 23.9. The van der Waals surface area contributed by atoms with Crippen molar-refractivity contribution in [3.63, 3.8) is 0 Å². The van der Waals surface area contributed by atoms with Gasteiger partial charge in [0.1, 0.15) is 0 Å². The number of hydrogen-bond donors (Lipinski definition) is 3. The Morgan fingerprint density at radius 1 is 1.06 bits per heavy atom. The van der Waals surface area contributed by atoms with E-state index in [1.54, 1.807) is 29.6 Å². The van der Waals surface area contributed by atoms with Crippen molar-refractivity contribution in [1.29, 1.82) is 0 Å². The Labute approximate surface area is 194 Å². The smallest absolute Gasteiger partial charge is 0.338 e. The summed E-state index contributed by atoms with van der Waals surface area (Å²) < 4.78 is 5.16. The van der Waals surface area contributed by atoms with Crippen LogP contribution >= 0.6 is 11.3 Å². The number of rotatable bonds is 10. The number of anilines is 2. The molecule has 172 valence electrons. The van der Waals surface area contributed by atoms with E-state index in [1.807, 2.05) is 6.92 Å². The zero-order valence-electron chi connectivity index (χ0n) is 18.1. The van der Waals surface area contributed by atoms with Crippen LogP contribution in [0.25, 0.3) is 0 Å². The molecule has 0 radical (unpaired) electrons. The second-order valence-corrected chi connectivity index (χ2v) is 8.01. The van der Waals surface area contributed by atoms with E-state index < -0.39 is 0 Å². The third-order valence-corrected chi connectivity index (χ3v) is 5.37. The first-order chi connectivity index (χ1) is 15.9. The van der Waals surface area contributed by atoms with Gasteiger partial charge in [0.15, 0.2) is 5.13 Å². The zero-order valence-corrected chi connectivity index (χ0v) is 18.9. The molecule has 0 aliphatic carbocycles. The number of aromatic nitrogens is 2.